The first-order chi connectivity index (χ1) is 16.8. The molecule has 1 aromatic heterocycles. The Labute approximate surface area is 212 Å². The summed E-state index contributed by atoms with van der Waals surface area (Å²) in [7, 11) is 0. The van der Waals surface area contributed by atoms with Crippen molar-refractivity contribution in [2.75, 3.05) is 5.75 Å². The molecule has 0 saturated carbocycles. The van der Waals surface area contributed by atoms with Gasteiger partial charge in [0, 0.05) is 27.7 Å². The lowest BCUT2D eigenvalue weighted by Gasteiger charge is -2.13. The molecule has 0 aliphatic carbocycles. The highest BCUT2D eigenvalue weighted by molar-refractivity contribution is 7.99. The minimum atomic E-state index is -0.556. The van der Waals surface area contributed by atoms with Crippen LogP contribution < -0.4 is 11.0 Å². The van der Waals surface area contributed by atoms with Crippen LogP contribution in [0.4, 0.5) is 5.69 Å². The van der Waals surface area contributed by atoms with Crippen LogP contribution in [0.2, 0.25) is 10.0 Å². The fraction of sp³-hybridized carbons (Fsp3) is 0.0435. The molecule has 35 heavy (non-hydrogen) atoms. The maximum absolute atomic E-state index is 13.2. The second kappa shape index (κ2) is 10.7. The van der Waals surface area contributed by atoms with Gasteiger partial charge in [-0.15, -0.1) is 0 Å². The molecule has 176 valence electrons. The lowest BCUT2D eigenvalue weighted by molar-refractivity contribution is -0.384. The van der Waals surface area contributed by atoms with Gasteiger partial charge in [0.2, 0.25) is 0 Å². The summed E-state index contributed by atoms with van der Waals surface area (Å²) in [5.41, 5.74) is 3.25. The zero-order valence-electron chi connectivity index (χ0n) is 17.7. The number of nitro benzene ring substituents is 1. The Morgan fingerprint density at radius 3 is 2.63 bits per heavy atom. The molecule has 12 heteroatoms. The van der Waals surface area contributed by atoms with Crippen molar-refractivity contribution in [3.05, 3.63) is 103 Å². The van der Waals surface area contributed by atoms with Crippen molar-refractivity contribution in [2.24, 2.45) is 5.10 Å². The van der Waals surface area contributed by atoms with Crippen molar-refractivity contribution in [2.45, 2.75) is 5.16 Å². The van der Waals surface area contributed by atoms with Crippen LogP contribution in [0.5, 0.6) is 0 Å². The van der Waals surface area contributed by atoms with E-state index in [-0.39, 0.29) is 27.6 Å². The molecule has 0 spiro atoms. The van der Waals surface area contributed by atoms with Gasteiger partial charge in [0.05, 0.1) is 33.5 Å². The average molecular weight is 528 g/mol. The minimum Gasteiger partial charge on any atom is -0.272 e. The third-order valence-corrected chi connectivity index (χ3v) is 6.28. The number of nitrogens with zero attached hydrogens (tertiary/aromatic N) is 4. The Kier molecular flexibility index (Phi) is 7.45. The number of rotatable bonds is 7. The van der Waals surface area contributed by atoms with Crippen LogP contribution in [-0.2, 0) is 4.79 Å². The van der Waals surface area contributed by atoms with Crippen molar-refractivity contribution in [3.63, 3.8) is 0 Å². The molecular formula is C23H15Cl2N5O4S. The molecule has 0 fully saturated rings. The predicted octanol–water partition coefficient (Wildman–Crippen LogP) is 4.84. The lowest BCUT2D eigenvalue weighted by Crippen LogP contribution is -2.24. The van der Waals surface area contributed by atoms with Gasteiger partial charge in [0.15, 0.2) is 5.16 Å². The van der Waals surface area contributed by atoms with Gasteiger partial charge >= 0.3 is 0 Å². The van der Waals surface area contributed by atoms with Gasteiger partial charge in [-0.2, -0.15) is 5.10 Å². The third-order valence-electron chi connectivity index (χ3n) is 4.75. The number of benzene rings is 3. The number of aromatic nitrogens is 2. The molecule has 4 aromatic rings. The largest absolute Gasteiger partial charge is 0.272 e. The fourth-order valence-corrected chi connectivity index (χ4v) is 4.20. The third kappa shape index (κ3) is 5.68. The number of thioether (sulfide) groups is 1. The van der Waals surface area contributed by atoms with Gasteiger partial charge in [0.1, 0.15) is 0 Å². The van der Waals surface area contributed by atoms with Gasteiger partial charge in [-0.25, -0.2) is 10.4 Å². The molecule has 0 bridgehead atoms. The van der Waals surface area contributed by atoms with Crippen molar-refractivity contribution < 1.29 is 9.72 Å². The molecule has 1 amide bonds. The molecule has 0 unspecified atom stereocenters. The summed E-state index contributed by atoms with van der Waals surface area (Å²) in [5.74, 6) is -0.573. The van der Waals surface area contributed by atoms with Gasteiger partial charge in [-0.05, 0) is 42.5 Å². The van der Waals surface area contributed by atoms with Crippen molar-refractivity contribution in [1.82, 2.24) is 15.0 Å². The van der Waals surface area contributed by atoms with Crippen LogP contribution in [0.25, 0.3) is 16.6 Å². The summed E-state index contributed by atoms with van der Waals surface area (Å²) in [6.45, 7) is 0. The van der Waals surface area contributed by atoms with E-state index in [4.69, 9.17) is 23.2 Å². The molecule has 1 heterocycles. The molecule has 0 aliphatic rings. The van der Waals surface area contributed by atoms with E-state index >= 15 is 0 Å². The maximum Gasteiger partial charge on any atom is 0.270 e. The monoisotopic (exact) mass is 527 g/mol. The number of hydrogen-bond acceptors (Lipinski definition) is 7. The van der Waals surface area contributed by atoms with Gasteiger partial charge in [-0.1, -0.05) is 47.1 Å². The zero-order chi connectivity index (χ0) is 24.9. The minimum absolute atomic E-state index is 0.0988. The number of nitro groups is 1. The number of amides is 1. The summed E-state index contributed by atoms with van der Waals surface area (Å²) in [6.07, 6.45) is 1.22. The molecule has 9 nitrogen and oxygen atoms in total. The standard InChI is InChI=1S/C23H15Cl2N5O4S/c24-15-5-7-16(8-6-15)29-22(32)18-3-1-2-4-20(18)27-23(29)35-13-21(31)28-26-12-14-11-17(30(33)34)9-10-19(14)25/h1-12H,13H2,(H,28,31)/b26-12+. The van der Waals surface area contributed by atoms with Crippen LogP contribution in [0.3, 0.4) is 0 Å². The Morgan fingerprint density at radius 2 is 1.89 bits per heavy atom. The van der Waals surface area contributed by atoms with Crippen LogP contribution >= 0.6 is 35.0 Å². The zero-order valence-corrected chi connectivity index (χ0v) is 20.0. The van der Waals surface area contributed by atoms with Crippen LogP contribution in [0.1, 0.15) is 5.56 Å². The molecule has 0 atom stereocenters. The van der Waals surface area contributed by atoms with Gasteiger partial charge < -0.3 is 0 Å². The Hall–Kier alpha value is -3.73. The van der Waals surface area contributed by atoms with Gasteiger partial charge in [-0.3, -0.25) is 24.3 Å². The van der Waals surface area contributed by atoms with Crippen LogP contribution in [0, 0.1) is 10.1 Å². The fourth-order valence-electron chi connectivity index (χ4n) is 3.11. The van der Waals surface area contributed by atoms with E-state index in [1.54, 1.807) is 48.5 Å². The second-order valence-electron chi connectivity index (χ2n) is 7.07. The summed E-state index contributed by atoms with van der Waals surface area (Å²) in [5, 5.41) is 16.3. The summed E-state index contributed by atoms with van der Waals surface area (Å²) < 4.78 is 1.42. The number of para-hydroxylation sites is 1. The first-order valence-corrected chi connectivity index (χ1v) is 11.7. The molecule has 0 saturated heterocycles. The smallest absolute Gasteiger partial charge is 0.270 e. The number of hydrogen-bond donors (Lipinski definition) is 1. The van der Waals surface area contributed by atoms with Crippen molar-refractivity contribution in [1.29, 1.82) is 0 Å². The number of fused-ring (bicyclic) bond motifs is 1. The number of non-ortho nitro benzene ring substituents is 1. The first kappa shape index (κ1) is 24.4. The number of hydrazone groups is 1. The second-order valence-corrected chi connectivity index (χ2v) is 8.86. The summed E-state index contributed by atoms with van der Waals surface area (Å²) in [4.78, 5) is 40.5. The Morgan fingerprint density at radius 1 is 1.14 bits per heavy atom. The normalized spacial score (nSPS) is 11.1. The number of carbonyl (C=O) groups is 1. The van der Waals surface area contributed by atoms with E-state index in [1.165, 1.54) is 29.0 Å². The highest BCUT2D eigenvalue weighted by Gasteiger charge is 2.15. The predicted molar refractivity (Wildman–Crippen MR) is 137 cm³/mol. The molecule has 0 radical (unpaired) electrons. The number of carbonyl (C=O) groups excluding carboxylic acids is 1. The summed E-state index contributed by atoms with van der Waals surface area (Å²) >= 11 is 13.1. The lowest BCUT2D eigenvalue weighted by atomic mass is 10.2. The summed E-state index contributed by atoms with van der Waals surface area (Å²) in [6, 6.07) is 17.5. The topological polar surface area (TPSA) is 119 Å². The molecular weight excluding hydrogens is 513 g/mol. The average Bonchev–Trinajstić information content (AvgIpc) is 2.84. The molecule has 3 aromatic carbocycles. The number of nitrogens with one attached hydrogen (secondary N) is 1. The quantitative estimate of drug-likeness (QED) is 0.121. The van der Waals surface area contributed by atoms with Gasteiger partial charge in [0.25, 0.3) is 17.2 Å². The molecule has 1 N–H and O–H groups in total. The van der Waals surface area contributed by atoms with E-state index in [0.717, 1.165) is 11.8 Å². The van der Waals surface area contributed by atoms with E-state index in [0.29, 0.717) is 26.8 Å². The SMILES string of the molecule is O=C(CSc1nc2ccccc2c(=O)n1-c1ccc(Cl)cc1)N/N=C/c1cc([N+](=O)[O-])ccc1Cl. The van der Waals surface area contributed by atoms with E-state index < -0.39 is 10.8 Å². The molecule has 0 aliphatic heterocycles. The van der Waals surface area contributed by atoms with E-state index in [1.807, 2.05) is 0 Å². The van der Waals surface area contributed by atoms with Crippen molar-refractivity contribution >= 4 is 63.7 Å². The van der Waals surface area contributed by atoms with Crippen molar-refractivity contribution in [3.8, 4) is 5.69 Å². The highest BCUT2D eigenvalue weighted by Crippen LogP contribution is 2.23. The Bertz CT molecular complexity index is 1520. The highest BCUT2D eigenvalue weighted by atomic mass is 35.5. The number of halogens is 2. The maximum atomic E-state index is 13.2. The first-order valence-electron chi connectivity index (χ1n) is 10.00. The van der Waals surface area contributed by atoms with E-state index in [9.17, 15) is 19.7 Å². The van der Waals surface area contributed by atoms with Crippen LogP contribution in [0.15, 0.2) is 81.8 Å². The van der Waals surface area contributed by atoms with Crippen LogP contribution in [-0.4, -0.2) is 32.3 Å². The van der Waals surface area contributed by atoms with E-state index in [2.05, 4.69) is 15.5 Å². The Balaban J connectivity index is 1.54. The molecule has 4 rings (SSSR count).